The predicted octanol–water partition coefficient (Wildman–Crippen LogP) is 3.61. The second kappa shape index (κ2) is 7.21. The molecule has 25 heavy (non-hydrogen) atoms. The van der Waals surface area contributed by atoms with Gasteiger partial charge in [-0.1, -0.05) is 29.8 Å². The topological polar surface area (TPSA) is 56.2 Å². The maximum absolute atomic E-state index is 12.5. The minimum atomic E-state index is -0.140. The smallest absolute Gasteiger partial charge is 0.255 e. The van der Waals surface area contributed by atoms with E-state index >= 15 is 0 Å². The van der Waals surface area contributed by atoms with Crippen LogP contribution in [-0.4, -0.2) is 29.3 Å². The van der Waals surface area contributed by atoms with Crippen LogP contribution in [-0.2, 0) is 0 Å². The highest BCUT2D eigenvalue weighted by Crippen LogP contribution is 2.27. The number of hydrogen-bond donors (Lipinski definition) is 1. The largest absolute Gasteiger partial charge is 0.497 e. The molecule has 128 valence electrons. The highest BCUT2D eigenvalue weighted by atomic mass is 16.5. The van der Waals surface area contributed by atoms with Crippen LogP contribution in [0.3, 0.4) is 0 Å². The summed E-state index contributed by atoms with van der Waals surface area (Å²) in [4.78, 5) is 12.5. The number of nitrogens with one attached hydrogen (secondary N) is 1. The van der Waals surface area contributed by atoms with E-state index in [0.717, 1.165) is 17.0 Å². The molecular formula is C20H21N3O2. The molecule has 1 heterocycles. The fraction of sp³-hybridized carbons (Fsp3) is 0.200. The highest BCUT2D eigenvalue weighted by molar-refractivity contribution is 6.00. The van der Waals surface area contributed by atoms with E-state index in [1.807, 2.05) is 62.4 Å². The van der Waals surface area contributed by atoms with Crippen molar-refractivity contribution >= 4 is 5.91 Å². The minimum absolute atomic E-state index is 0.140. The van der Waals surface area contributed by atoms with Crippen molar-refractivity contribution in [3.8, 4) is 22.7 Å². The molecule has 0 radical (unpaired) electrons. The van der Waals surface area contributed by atoms with Crippen molar-refractivity contribution in [1.29, 1.82) is 0 Å². The molecule has 5 nitrogen and oxygen atoms in total. The van der Waals surface area contributed by atoms with Crippen LogP contribution in [0, 0.1) is 6.92 Å². The molecule has 3 aromatic rings. The first-order valence-electron chi connectivity index (χ1n) is 8.21. The molecule has 0 aliphatic heterocycles. The Morgan fingerprint density at radius 3 is 2.64 bits per heavy atom. The molecule has 0 saturated carbocycles. The molecule has 0 bridgehead atoms. The van der Waals surface area contributed by atoms with Crippen molar-refractivity contribution in [1.82, 2.24) is 15.1 Å². The molecule has 1 amide bonds. The summed E-state index contributed by atoms with van der Waals surface area (Å²) < 4.78 is 7.03. The number of ether oxygens (including phenoxy) is 1. The van der Waals surface area contributed by atoms with E-state index in [9.17, 15) is 4.79 Å². The van der Waals surface area contributed by atoms with Gasteiger partial charge in [0.1, 0.15) is 11.4 Å². The molecule has 0 saturated heterocycles. The van der Waals surface area contributed by atoms with Crippen LogP contribution < -0.4 is 10.1 Å². The SMILES string of the molecule is CCNC(=O)c1cn(-c2ccc(C)cc2)nc1-c1cccc(OC)c1. The Morgan fingerprint density at radius 2 is 1.96 bits per heavy atom. The van der Waals surface area contributed by atoms with Crippen molar-refractivity contribution in [2.75, 3.05) is 13.7 Å². The van der Waals surface area contributed by atoms with Gasteiger partial charge in [0.05, 0.1) is 18.4 Å². The van der Waals surface area contributed by atoms with Crippen molar-refractivity contribution in [3.63, 3.8) is 0 Å². The van der Waals surface area contributed by atoms with E-state index in [0.29, 0.717) is 17.8 Å². The zero-order valence-electron chi connectivity index (χ0n) is 14.6. The minimum Gasteiger partial charge on any atom is -0.497 e. The number of methoxy groups -OCH3 is 1. The number of carbonyl (C=O) groups is 1. The molecule has 1 N–H and O–H groups in total. The maximum atomic E-state index is 12.5. The van der Waals surface area contributed by atoms with E-state index < -0.39 is 0 Å². The Bertz CT molecular complexity index is 882. The first-order chi connectivity index (χ1) is 12.1. The molecule has 0 unspecified atom stereocenters. The molecule has 3 rings (SSSR count). The van der Waals surface area contributed by atoms with Crippen molar-refractivity contribution < 1.29 is 9.53 Å². The van der Waals surface area contributed by atoms with E-state index in [1.54, 1.807) is 18.0 Å². The Kier molecular flexibility index (Phi) is 4.84. The monoisotopic (exact) mass is 335 g/mol. The van der Waals surface area contributed by atoms with Crippen LogP contribution in [0.1, 0.15) is 22.8 Å². The van der Waals surface area contributed by atoms with Gasteiger partial charge in [0, 0.05) is 18.3 Å². The highest BCUT2D eigenvalue weighted by Gasteiger charge is 2.18. The number of aromatic nitrogens is 2. The van der Waals surface area contributed by atoms with Gasteiger partial charge in [0.2, 0.25) is 0 Å². The lowest BCUT2D eigenvalue weighted by Crippen LogP contribution is -2.22. The van der Waals surface area contributed by atoms with Gasteiger partial charge < -0.3 is 10.1 Å². The Morgan fingerprint density at radius 1 is 1.20 bits per heavy atom. The third-order valence-corrected chi connectivity index (χ3v) is 3.94. The molecule has 5 heteroatoms. The summed E-state index contributed by atoms with van der Waals surface area (Å²) in [5.74, 6) is 0.586. The van der Waals surface area contributed by atoms with Gasteiger partial charge in [-0.2, -0.15) is 5.10 Å². The van der Waals surface area contributed by atoms with Crippen LogP contribution in [0.4, 0.5) is 0 Å². The molecule has 0 spiro atoms. The third kappa shape index (κ3) is 3.55. The number of amides is 1. The average molecular weight is 335 g/mol. The van der Waals surface area contributed by atoms with Crippen LogP contribution in [0.15, 0.2) is 54.7 Å². The summed E-state index contributed by atoms with van der Waals surface area (Å²) in [6.45, 7) is 4.49. The first kappa shape index (κ1) is 16.8. The number of nitrogens with zero attached hydrogens (tertiary/aromatic N) is 2. The summed E-state index contributed by atoms with van der Waals surface area (Å²) in [5, 5.41) is 7.51. The molecular weight excluding hydrogens is 314 g/mol. The molecule has 0 fully saturated rings. The zero-order valence-corrected chi connectivity index (χ0v) is 14.6. The van der Waals surface area contributed by atoms with Gasteiger partial charge in [0.25, 0.3) is 5.91 Å². The lowest BCUT2D eigenvalue weighted by molar-refractivity contribution is 0.0956. The first-order valence-corrected chi connectivity index (χ1v) is 8.21. The van der Waals surface area contributed by atoms with Gasteiger partial charge in [-0.3, -0.25) is 4.79 Å². The van der Waals surface area contributed by atoms with Crippen LogP contribution >= 0.6 is 0 Å². The fourth-order valence-corrected chi connectivity index (χ4v) is 2.61. The van der Waals surface area contributed by atoms with Crippen molar-refractivity contribution in [2.45, 2.75) is 13.8 Å². The Labute approximate surface area is 147 Å². The fourth-order valence-electron chi connectivity index (χ4n) is 2.61. The Balaban J connectivity index is 2.11. The van der Waals surface area contributed by atoms with Gasteiger partial charge in [-0.05, 0) is 38.1 Å². The van der Waals surface area contributed by atoms with Crippen molar-refractivity contribution in [3.05, 3.63) is 65.9 Å². The number of benzene rings is 2. The lowest BCUT2D eigenvalue weighted by Gasteiger charge is -2.05. The van der Waals surface area contributed by atoms with Crippen LogP contribution in [0.2, 0.25) is 0 Å². The number of hydrogen-bond acceptors (Lipinski definition) is 3. The summed E-state index contributed by atoms with van der Waals surface area (Å²) in [7, 11) is 1.62. The zero-order chi connectivity index (χ0) is 17.8. The van der Waals surface area contributed by atoms with Gasteiger partial charge in [-0.15, -0.1) is 0 Å². The molecule has 1 aromatic heterocycles. The maximum Gasteiger partial charge on any atom is 0.255 e. The van der Waals surface area contributed by atoms with E-state index in [1.165, 1.54) is 5.56 Å². The van der Waals surface area contributed by atoms with Crippen molar-refractivity contribution in [2.24, 2.45) is 0 Å². The molecule has 0 aliphatic rings. The van der Waals surface area contributed by atoms with E-state index in [-0.39, 0.29) is 5.91 Å². The van der Waals surface area contributed by atoms with Crippen LogP contribution in [0.25, 0.3) is 16.9 Å². The van der Waals surface area contributed by atoms with E-state index in [2.05, 4.69) is 10.4 Å². The van der Waals surface area contributed by atoms with Gasteiger partial charge in [-0.25, -0.2) is 4.68 Å². The predicted molar refractivity (Wildman–Crippen MR) is 98.3 cm³/mol. The second-order valence-corrected chi connectivity index (χ2v) is 5.76. The van der Waals surface area contributed by atoms with E-state index in [4.69, 9.17) is 4.74 Å². The second-order valence-electron chi connectivity index (χ2n) is 5.76. The number of rotatable bonds is 5. The van der Waals surface area contributed by atoms with Gasteiger partial charge >= 0.3 is 0 Å². The quantitative estimate of drug-likeness (QED) is 0.775. The summed E-state index contributed by atoms with van der Waals surface area (Å²) in [6.07, 6.45) is 1.77. The summed E-state index contributed by atoms with van der Waals surface area (Å²) >= 11 is 0. The van der Waals surface area contributed by atoms with Gasteiger partial charge in [0.15, 0.2) is 0 Å². The molecule has 0 atom stereocenters. The third-order valence-electron chi connectivity index (χ3n) is 3.94. The number of aryl methyl sites for hydroxylation is 1. The molecule has 2 aromatic carbocycles. The summed E-state index contributed by atoms with van der Waals surface area (Å²) in [6, 6.07) is 15.6. The van der Waals surface area contributed by atoms with Crippen LogP contribution in [0.5, 0.6) is 5.75 Å². The number of carbonyl (C=O) groups excluding carboxylic acids is 1. The summed E-state index contributed by atoms with van der Waals surface area (Å²) in [5.41, 5.74) is 4.09. The Hall–Kier alpha value is -3.08. The standard InChI is InChI=1S/C20H21N3O2/c1-4-21-20(24)18-13-23(16-10-8-14(2)9-11-16)22-19(18)15-6-5-7-17(12-15)25-3/h5-13H,4H2,1-3H3,(H,21,24). The molecule has 0 aliphatic carbocycles. The lowest BCUT2D eigenvalue weighted by atomic mass is 10.1. The average Bonchev–Trinajstić information content (AvgIpc) is 3.08. The normalized spacial score (nSPS) is 10.5.